The fourth-order valence-corrected chi connectivity index (χ4v) is 1.51. The second-order valence-electron chi connectivity index (χ2n) is 4.67. The van der Waals surface area contributed by atoms with Crippen LogP contribution in [0.4, 0.5) is 4.79 Å². The van der Waals surface area contributed by atoms with Crippen molar-refractivity contribution in [1.29, 1.82) is 0 Å². The lowest BCUT2D eigenvalue weighted by Gasteiger charge is -2.13. The Morgan fingerprint density at radius 2 is 1.74 bits per heavy atom. The van der Waals surface area contributed by atoms with Crippen LogP contribution in [0, 0.1) is 0 Å². The second kappa shape index (κ2) is 11.8. The van der Waals surface area contributed by atoms with Gasteiger partial charge in [-0.05, 0) is 19.8 Å². The van der Waals surface area contributed by atoms with Gasteiger partial charge in [0.25, 0.3) is 0 Å². The molecule has 0 heterocycles. The van der Waals surface area contributed by atoms with Crippen molar-refractivity contribution in [3.05, 3.63) is 0 Å². The minimum Gasteiger partial charge on any atom is -0.466 e. The van der Waals surface area contributed by atoms with Gasteiger partial charge in [-0.1, -0.05) is 33.1 Å². The predicted molar refractivity (Wildman–Crippen MR) is 74.0 cm³/mol. The molecule has 0 aliphatic carbocycles. The van der Waals surface area contributed by atoms with Crippen LogP contribution in [-0.4, -0.2) is 31.3 Å². The van der Waals surface area contributed by atoms with Crippen molar-refractivity contribution in [2.75, 3.05) is 13.2 Å². The van der Waals surface area contributed by atoms with Gasteiger partial charge in [-0.3, -0.25) is 4.79 Å². The summed E-state index contributed by atoms with van der Waals surface area (Å²) in [6.45, 7) is 6.67. The summed E-state index contributed by atoms with van der Waals surface area (Å²) in [6.07, 6.45) is 4.79. The molecule has 0 aromatic heterocycles. The van der Waals surface area contributed by atoms with Crippen LogP contribution in [0.5, 0.6) is 0 Å². The summed E-state index contributed by atoms with van der Waals surface area (Å²) in [4.78, 5) is 22.7. The number of carbonyl (C=O) groups excluding carboxylic acids is 2. The maximum atomic E-state index is 11.5. The molecule has 0 aliphatic rings. The standard InChI is InChI=1S/C14H27NO4/c1-4-6-7-8-10-18-13(16)11-12(3)15-14(17)19-9-5-2/h12H,4-11H2,1-3H3,(H,15,17). The van der Waals surface area contributed by atoms with E-state index < -0.39 is 6.09 Å². The minimum absolute atomic E-state index is 0.176. The first kappa shape index (κ1) is 17.7. The highest BCUT2D eigenvalue weighted by Crippen LogP contribution is 2.01. The highest BCUT2D eigenvalue weighted by Gasteiger charge is 2.13. The number of unbranched alkanes of at least 4 members (excludes halogenated alkanes) is 3. The first-order valence-electron chi connectivity index (χ1n) is 7.19. The lowest BCUT2D eigenvalue weighted by molar-refractivity contribution is -0.144. The SMILES string of the molecule is CCCCCCOC(=O)CC(C)NC(=O)OCCC. The number of carbonyl (C=O) groups is 2. The monoisotopic (exact) mass is 273 g/mol. The number of hydrogen-bond donors (Lipinski definition) is 1. The second-order valence-corrected chi connectivity index (χ2v) is 4.67. The summed E-state index contributed by atoms with van der Waals surface area (Å²) >= 11 is 0. The van der Waals surface area contributed by atoms with Crippen molar-refractivity contribution in [3.63, 3.8) is 0 Å². The van der Waals surface area contributed by atoms with Gasteiger partial charge in [0, 0.05) is 6.04 Å². The Morgan fingerprint density at radius 3 is 2.37 bits per heavy atom. The molecule has 0 fully saturated rings. The van der Waals surface area contributed by atoms with Crippen LogP contribution in [0.25, 0.3) is 0 Å². The number of rotatable bonds is 10. The van der Waals surface area contributed by atoms with Gasteiger partial charge in [0.2, 0.25) is 0 Å². The molecule has 0 aromatic rings. The highest BCUT2D eigenvalue weighted by atomic mass is 16.5. The highest BCUT2D eigenvalue weighted by molar-refractivity contribution is 5.72. The van der Waals surface area contributed by atoms with Crippen LogP contribution in [0.1, 0.15) is 59.3 Å². The summed E-state index contributed by atoms with van der Waals surface area (Å²) in [5.74, 6) is -0.278. The Kier molecular flexibility index (Phi) is 11.0. The van der Waals surface area contributed by atoms with E-state index in [2.05, 4.69) is 12.2 Å². The molecule has 0 saturated carbocycles. The van der Waals surface area contributed by atoms with Gasteiger partial charge in [-0.15, -0.1) is 0 Å². The molecule has 1 unspecified atom stereocenters. The van der Waals surface area contributed by atoms with E-state index in [0.717, 1.165) is 25.7 Å². The van der Waals surface area contributed by atoms with Crippen molar-refractivity contribution in [3.8, 4) is 0 Å². The number of nitrogens with one attached hydrogen (secondary N) is 1. The number of alkyl carbamates (subject to hydrolysis) is 1. The van der Waals surface area contributed by atoms with E-state index in [9.17, 15) is 9.59 Å². The zero-order valence-electron chi connectivity index (χ0n) is 12.4. The fourth-order valence-electron chi connectivity index (χ4n) is 1.51. The number of ether oxygens (including phenoxy) is 2. The van der Waals surface area contributed by atoms with Gasteiger partial charge >= 0.3 is 12.1 Å². The molecular weight excluding hydrogens is 246 g/mol. The summed E-state index contributed by atoms with van der Waals surface area (Å²) < 4.78 is 9.96. The molecule has 1 amide bonds. The molecule has 19 heavy (non-hydrogen) atoms. The van der Waals surface area contributed by atoms with Gasteiger partial charge < -0.3 is 14.8 Å². The quantitative estimate of drug-likeness (QED) is 0.491. The summed E-state index contributed by atoms with van der Waals surface area (Å²) in [7, 11) is 0. The Hall–Kier alpha value is -1.26. The van der Waals surface area contributed by atoms with Crippen LogP contribution in [0.3, 0.4) is 0 Å². The molecule has 0 rings (SSSR count). The molecule has 0 spiro atoms. The average Bonchev–Trinajstić information content (AvgIpc) is 2.35. The Balaban J connectivity index is 3.60. The molecule has 0 aliphatic heterocycles. The van der Waals surface area contributed by atoms with E-state index in [1.165, 1.54) is 6.42 Å². The van der Waals surface area contributed by atoms with E-state index in [4.69, 9.17) is 9.47 Å². The molecule has 0 bridgehead atoms. The topological polar surface area (TPSA) is 64.6 Å². The third kappa shape index (κ3) is 11.6. The zero-order chi connectivity index (χ0) is 14.5. The summed E-state index contributed by atoms with van der Waals surface area (Å²) in [5.41, 5.74) is 0. The van der Waals surface area contributed by atoms with Crippen LogP contribution in [0.15, 0.2) is 0 Å². The van der Waals surface area contributed by atoms with E-state index in [1.807, 2.05) is 6.92 Å². The smallest absolute Gasteiger partial charge is 0.407 e. The van der Waals surface area contributed by atoms with Crippen LogP contribution in [0.2, 0.25) is 0 Å². The molecule has 1 atom stereocenters. The Labute approximate surface area is 116 Å². The number of hydrogen-bond acceptors (Lipinski definition) is 4. The number of esters is 1. The summed E-state index contributed by atoms with van der Waals surface area (Å²) in [6, 6.07) is -0.271. The van der Waals surface area contributed by atoms with Gasteiger partial charge in [0.15, 0.2) is 0 Å². The first-order chi connectivity index (χ1) is 9.10. The first-order valence-corrected chi connectivity index (χ1v) is 7.19. The lowest BCUT2D eigenvalue weighted by Crippen LogP contribution is -2.35. The van der Waals surface area contributed by atoms with Crippen molar-refractivity contribution >= 4 is 12.1 Å². The van der Waals surface area contributed by atoms with E-state index >= 15 is 0 Å². The third-order valence-corrected chi connectivity index (χ3v) is 2.54. The van der Waals surface area contributed by atoms with Gasteiger partial charge in [-0.2, -0.15) is 0 Å². The molecular formula is C14H27NO4. The molecule has 0 saturated heterocycles. The van der Waals surface area contributed by atoms with Crippen molar-refractivity contribution in [2.45, 2.75) is 65.3 Å². The average molecular weight is 273 g/mol. The maximum Gasteiger partial charge on any atom is 0.407 e. The normalized spacial score (nSPS) is 11.7. The number of amides is 1. The molecule has 0 aromatic carbocycles. The van der Waals surface area contributed by atoms with E-state index in [1.54, 1.807) is 6.92 Å². The molecule has 0 radical (unpaired) electrons. The molecule has 112 valence electrons. The predicted octanol–water partition coefficient (Wildman–Crippen LogP) is 3.02. The molecule has 5 nitrogen and oxygen atoms in total. The largest absolute Gasteiger partial charge is 0.466 e. The zero-order valence-corrected chi connectivity index (χ0v) is 12.4. The van der Waals surface area contributed by atoms with Crippen LogP contribution < -0.4 is 5.32 Å². The lowest BCUT2D eigenvalue weighted by atomic mass is 10.2. The fraction of sp³-hybridized carbons (Fsp3) is 0.857. The summed E-state index contributed by atoms with van der Waals surface area (Å²) in [5, 5.41) is 2.59. The van der Waals surface area contributed by atoms with Crippen LogP contribution in [-0.2, 0) is 14.3 Å². The van der Waals surface area contributed by atoms with Crippen molar-refractivity contribution in [2.24, 2.45) is 0 Å². The van der Waals surface area contributed by atoms with Crippen molar-refractivity contribution < 1.29 is 19.1 Å². The Bertz CT molecular complexity index is 256. The molecule has 1 N–H and O–H groups in total. The van der Waals surface area contributed by atoms with Gasteiger partial charge in [-0.25, -0.2) is 4.79 Å². The van der Waals surface area contributed by atoms with Gasteiger partial charge in [0.1, 0.15) is 0 Å². The Morgan fingerprint density at radius 1 is 1.00 bits per heavy atom. The van der Waals surface area contributed by atoms with Gasteiger partial charge in [0.05, 0.1) is 19.6 Å². The maximum absolute atomic E-state index is 11.5. The van der Waals surface area contributed by atoms with E-state index in [0.29, 0.717) is 13.2 Å². The van der Waals surface area contributed by atoms with E-state index in [-0.39, 0.29) is 18.4 Å². The third-order valence-electron chi connectivity index (χ3n) is 2.54. The molecule has 5 heteroatoms. The minimum atomic E-state index is -0.481. The van der Waals surface area contributed by atoms with Crippen molar-refractivity contribution in [1.82, 2.24) is 5.32 Å². The van der Waals surface area contributed by atoms with Crippen LogP contribution >= 0.6 is 0 Å².